The Kier molecular flexibility index (Phi) is 5.85. The van der Waals surface area contributed by atoms with E-state index < -0.39 is 10.0 Å². The van der Waals surface area contributed by atoms with Gasteiger partial charge in [0.1, 0.15) is 0 Å². The Morgan fingerprint density at radius 2 is 1.80 bits per heavy atom. The second kappa shape index (κ2) is 8.55. The second-order valence-electron chi connectivity index (χ2n) is 6.90. The lowest BCUT2D eigenvalue weighted by atomic mass is 10.2. The van der Waals surface area contributed by atoms with E-state index in [1.54, 1.807) is 37.5 Å². The number of hydrogen-bond acceptors (Lipinski definition) is 7. The van der Waals surface area contributed by atoms with Gasteiger partial charge in [-0.15, -0.1) is 10.2 Å². The van der Waals surface area contributed by atoms with Crippen molar-refractivity contribution in [2.24, 2.45) is 0 Å². The number of aromatic nitrogens is 3. The summed E-state index contributed by atoms with van der Waals surface area (Å²) in [4.78, 5) is 6.33. The molecule has 0 saturated carbocycles. The summed E-state index contributed by atoms with van der Waals surface area (Å²) in [6.45, 7) is 3.52. The molecule has 1 N–H and O–H groups in total. The molecule has 4 rings (SSSR count). The van der Waals surface area contributed by atoms with Crippen molar-refractivity contribution in [1.82, 2.24) is 19.5 Å². The third-order valence-electron chi connectivity index (χ3n) is 4.98. The van der Waals surface area contributed by atoms with Crippen molar-refractivity contribution in [3.63, 3.8) is 0 Å². The van der Waals surface area contributed by atoms with Crippen LogP contribution in [0, 0.1) is 6.92 Å². The molecule has 0 amide bonds. The van der Waals surface area contributed by atoms with Crippen molar-refractivity contribution in [1.29, 1.82) is 0 Å². The summed E-state index contributed by atoms with van der Waals surface area (Å²) in [6.07, 6.45) is 3.41. The SMILES string of the molecule is Cc1c(Cl)cccc1S(=O)(=O)N1CCN(c2ccc(Nc3cccnc3)nn2)CC1. The minimum absolute atomic E-state index is 0.258. The Morgan fingerprint density at radius 1 is 1.00 bits per heavy atom. The number of rotatable bonds is 5. The maximum atomic E-state index is 13.0. The van der Waals surface area contributed by atoms with Gasteiger partial charge in [-0.2, -0.15) is 4.31 Å². The molecule has 8 nitrogen and oxygen atoms in total. The zero-order valence-corrected chi connectivity index (χ0v) is 17.9. The van der Waals surface area contributed by atoms with E-state index in [-0.39, 0.29) is 4.90 Å². The standard InChI is InChI=1S/C20H21ClN6O2S/c1-15-17(21)5-2-6-18(15)30(28,29)27-12-10-26(11-13-27)20-8-7-19(24-25-20)23-16-4-3-9-22-14-16/h2-9,14H,10-13H2,1H3,(H,23,24). The Bertz CT molecular complexity index is 1120. The average Bonchev–Trinajstić information content (AvgIpc) is 2.77. The maximum absolute atomic E-state index is 13.0. The van der Waals surface area contributed by atoms with Crippen LogP contribution in [0.4, 0.5) is 17.3 Å². The predicted molar refractivity (Wildman–Crippen MR) is 117 cm³/mol. The third kappa shape index (κ3) is 4.23. The van der Waals surface area contributed by atoms with Crippen molar-refractivity contribution in [2.45, 2.75) is 11.8 Å². The van der Waals surface area contributed by atoms with Gasteiger partial charge < -0.3 is 10.2 Å². The fraction of sp³-hybridized carbons (Fsp3) is 0.250. The molecule has 2 aromatic heterocycles. The molecule has 3 aromatic rings. The van der Waals surface area contributed by atoms with Gasteiger partial charge in [-0.25, -0.2) is 8.42 Å². The molecule has 1 aliphatic heterocycles. The van der Waals surface area contributed by atoms with Crippen molar-refractivity contribution < 1.29 is 8.42 Å². The van der Waals surface area contributed by atoms with E-state index in [1.165, 1.54) is 4.31 Å². The lowest BCUT2D eigenvalue weighted by Gasteiger charge is -2.34. The number of piperazine rings is 1. The first-order valence-corrected chi connectivity index (χ1v) is 11.3. The molecule has 1 aromatic carbocycles. The van der Waals surface area contributed by atoms with Gasteiger partial charge in [-0.1, -0.05) is 17.7 Å². The summed E-state index contributed by atoms with van der Waals surface area (Å²) in [6, 6.07) is 12.4. The molecule has 1 fully saturated rings. The van der Waals surface area contributed by atoms with Gasteiger partial charge in [0, 0.05) is 37.4 Å². The molecule has 0 spiro atoms. The van der Waals surface area contributed by atoms with E-state index in [9.17, 15) is 8.42 Å². The first-order chi connectivity index (χ1) is 14.4. The molecule has 0 radical (unpaired) electrons. The molecule has 3 heterocycles. The molecule has 0 unspecified atom stereocenters. The molecule has 156 valence electrons. The highest BCUT2D eigenvalue weighted by Gasteiger charge is 2.30. The van der Waals surface area contributed by atoms with Crippen LogP contribution in [0.1, 0.15) is 5.56 Å². The molecule has 1 saturated heterocycles. The van der Waals surface area contributed by atoms with Gasteiger partial charge in [0.15, 0.2) is 11.6 Å². The maximum Gasteiger partial charge on any atom is 0.243 e. The number of anilines is 3. The summed E-state index contributed by atoms with van der Waals surface area (Å²) >= 11 is 6.11. The van der Waals surface area contributed by atoms with Crippen LogP contribution in [0.3, 0.4) is 0 Å². The van der Waals surface area contributed by atoms with Crippen LogP contribution in [-0.4, -0.2) is 54.1 Å². The van der Waals surface area contributed by atoms with E-state index in [0.29, 0.717) is 48.4 Å². The van der Waals surface area contributed by atoms with Crippen molar-refractivity contribution in [3.8, 4) is 0 Å². The highest BCUT2D eigenvalue weighted by atomic mass is 35.5. The number of pyridine rings is 1. The van der Waals surface area contributed by atoms with Gasteiger partial charge in [-0.05, 0) is 48.9 Å². The van der Waals surface area contributed by atoms with Crippen LogP contribution in [-0.2, 0) is 10.0 Å². The Labute approximate surface area is 180 Å². The Morgan fingerprint density at radius 3 is 2.47 bits per heavy atom. The van der Waals surface area contributed by atoms with Crippen LogP contribution in [0.15, 0.2) is 59.8 Å². The van der Waals surface area contributed by atoms with Gasteiger partial charge in [0.05, 0.1) is 16.8 Å². The van der Waals surface area contributed by atoms with Gasteiger partial charge in [0.2, 0.25) is 10.0 Å². The molecule has 10 heteroatoms. The number of benzene rings is 1. The molecule has 0 atom stereocenters. The lowest BCUT2D eigenvalue weighted by Crippen LogP contribution is -2.49. The molecule has 0 bridgehead atoms. The Balaban J connectivity index is 1.41. The summed E-state index contributed by atoms with van der Waals surface area (Å²) in [5, 5.41) is 12.1. The molecular weight excluding hydrogens is 424 g/mol. The monoisotopic (exact) mass is 444 g/mol. The zero-order chi connectivity index (χ0) is 21.1. The minimum Gasteiger partial charge on any atom is -0.352 e. The van der Waals surface area contributed by atoms with Crippen LogP contribution < -0.4 is 10.2 Å². The van der Waals surface area contributed by atoms with Crippen LogP contribution in [0.2, 0.25) is 5.02 Å². The first-order valence-electron chi connectivity index (χ1n) is 9.46. The Hall–Kier alpha value is -2.75. The molecule has 0 aliphatic carbocycles. The van der Waals surface area contributed by atoms with E-state index in [2.05, 4.69) is 20.5 Å². The lowest BCUT2D eigenvalue weighted by molar-refractivity contribution is 0.383. The zero-order valence-electron chi connectivity index (χ0n) is 16.4. The van der Waals surface area contributed by atoms with Gasteiger partial charge in [-0.3, -0.25) is 4.98 Å². The normalized spacial score (nSPS) is 15.2. The van der Waals surface area contributed by atoms with Crippen molar-refractivity contribution in [2.75, 3.05) is 36.4 Å². The topological polar surface area (TPSA) is 91.3 Å². The quantitative estimate of drug-likeness (QED) is 0.646. The predicted octanol–water partition coefficient (Wildman–Crippen LogP) is 3.09. The van der Waals surface area contributed by atoms with E-state index in [0.717, 1.165) is 5.69 Å². The largest absolute Gasteiger partial charge is 0.352 e. The fourth-order valence-corrected chi connectivity index (χ4v) is 5.21. The number of sulfonamides is 1. The fourth-order valence-electron chi connectivity index (χ4n) is 3.31. The average molecular weight is 445 g/mol. The van der Waals surface area contributed by atoms with Gasteiger partial charge in [0.25, 0.3) is 0 Å². The summed E-state index contributed by atoms with van der Waals surface area (Å²) in [5.74, 6) is 1.33. The third-order valence-corrected chi connectivity index (χ3v) is 7.44. The molecule has 1 aliphatic rings. The van der Waals surface area contributed by atoms with E-state index >= 15 is 0 Å². The summed E-state index contributed by atoms with van der Waals surface area (Å²) in [7, 11) is -3.59. The van der Waals surface area contributed by atoms with Gasteiger partial charge >= 0.3 is 0 Å². The van der Waals surface area contributed by atoms with Crippen molar-refractivity contribution in [3.05, 3.63) is 65.4 Å². The highest BCUT2D eigenvalue weighted by molar-refractivity contribution is 7.89. The van der Waals surface area contributed by atoms with Crippen LogP contribution in [0.25, 0.3) is 0 Å². The second-order valence-corrected chi connectivity index (χ2v) is 9.21. The van der Waals surface area contributed by atoms with Crippen molar-refractivity contribution >= 4 is 38.9 Å². The number of nitrogens with one attached hydrogen (secondary N) is 1. The molecule has 30 heavy (non-hydrogen) atoms. The first kappa shape index (κ1) is 20.5. The highest BCUT2D eigenvalue weighted by Crippen LogP contribution is 2.27. The van der Waals surface area contributed by atoms with Crippen LogP contribution in [0.5, 0.6) is 0 Å². The number of hydrogen-bond donors (Lipinski definition) is 1. The van der Waals surface area contributed by atoms with E-state index in [1.807, 2.05) is 29.2 Å². The number of nitrogens with zero attached hydrogens (tertiary/aromatic N) is 5. The summed E-state index contributed by atoms with van der Waals surface area (Å²) in [5.41, 5.74) is 1.40. The van der Waals surface area contributed by atoms with E-state index in [4.69, 9.17) is 11.6 Å². The minimum atomic E-state index is -3.59. The summed E-state index contributed by atoms with van der Waals surface area (Å²) < 4.78 is 27.6. The molecular formula is C20H21ClN6O2S. The van der Waals surface area contributed by atoms with Crippen LogP contribution >= 0.6 is 11.6 Å². The number of halogens is 1. The smallest absolute Gasteiger partial charge is 0.243 e.